The lowest BCUT2D eigenvalue weighted by molar-refractivity contribution is 0.0951. The van der Waals surface area contributed by atoms with Crippen molar-refractivity contribution in [3.05, 3.63) is 83.0 Å². The summed E-state index contributed by atoms with van der Waals surface area (Å²) in [5.41, 5.74) is 2.43. The molecular formula is C18H14FNOS. The number of rotatable bonds is 4. The first kappa shape index (κ1) is 14.5. The van der Waals surface area contributed by atoms with E-state index in [0.717, 1.165) is 11.1 Å². The molecule has 1 amide bonds. The Hall–Kier alpha value is -2.46. The van der Waals surface area contributed by atoms with Crippen LogP contribution in [0.2, 0.25) is 0 Å². The van der Waals surface area contributed by atoms with Gasteiger partial charge in [0.15, 0.2) is 0 Å². The number of halogens is 1. The van der Waals surface area contributed by atoms with Crippen LogP contribution in [0.4, 0.5) is 4.39 Å². The Labute approximate surface area is 132 Å². The van der Waals surface area contributed by atoms with Gasteiger partial charge in [0.05, 0.1) is 0 Å². The molecule has 4 heteroatoms. The second-order valence-corrected chi connectivity index (χ2v) is 5.81. The SMILES string of the molecule is O=C(NCc1cccc(F)c1)c1ccc(-c2cccs2)cc1. The molecule has 1 N–H and O–H groups in total. The summed E-state index contributed by atoms with van der Waals surface area (Å²) in [5, 5.41) is 4.82. The molecule has 0 atom stereocenters. The van der Waals surface area contributed by atoms with Gasteiger partial charge in [-0.25, -0.2) is 4.39 Å². The number of carbonyl (C=O) groups is 1. The fourth-order valence-electron chi connectivity index (χ4n) is 2.16. The van der Waals surface area contributed by atoms with Crippen molar-refractivity contribution in [2.75, 3.05) is 0 Å². The molecule has 0 saturated heterocycles. The standard InChI is InChI=1S/C18H14FNOS/c19-16-4-1-3-13(11-16)12-20-18(21)15-8-6-14(7-9-15)17-5-2-10-22-17/h1-11H,12H2,(H,20,21). The maximum Gasteiger partial charge on any atom is 0.251 e. The van der Waals surface area contributed by atoms with E-state index in [0.29, 0.717) is 12.1 Å². The molecular weight excluding hydrogens is 297 g/mol. The highest BCUT2D eigenvalue weighted by molar-refractivity contribution is 7.13. The average molecular weight is 311 g/mol. The fourth-order valence-corrected chi connectivity index (χ4v) is 2.89. The highest BCUT2D eigenvalue weighted by Crippen LogP contribution is 2.24. The van der Waals surface area contributed by atoms with Gasteiger partial charge >= 0.3 is 0 Å². The minimum absolute atomic E-state index is 0.165. The van der Waals surface area contributed by atoms with Gasteiger partial charge in [0.25, 0.3) is 5.91 Å². The molecule has 2 aromatic carbocycles. The Morgan fingerprint density at radius 1 is 1.05 bits per heavy atom. The summed E-state index contributed by atoms with van der Waals surface area (Å²) in [7, 11) is 0. The number of benzene rings is 2. The van der Waals surface area contributed by atoms with Gasteiger partial charge in [0, 0.05) is 17.0 Å². The van der Waals surface area contributed by atoms with E-state index >= 15 is 0 Å². The van der Waals surface area contributed by atoms with E-state index in [1.165, 1.54) is 17.0 Å². The molecule has 1 heterocycles. The van der Waals surface area contributed by atoms with E-state index < -0.39 is 0 Å². The van der Waals surface area contributed by atoms with Crippen molar-refractivity contribution in [1.29, 1.82) is 0 Å². The zero-order chi connectivity index (χ0) is 15.4. The fraction of sp³-hybridized carbons (Fsp3) is 0.0556. The van der Waals surface area contributed by atoms with E-state index in [4.69, 9.17) is 0 Å². The summed E-state index contributed by atoms with van der Waals surface area (Å²) in [5.74, 6) is -0.464. The zero-order valence-electron chi connectivity index (χ0n) is 11.8. The number of thiophene rings is 1. The van der Waals surface area contributed by atoms with Crippen molar-refractivity contribution < 1.29 is 9.18 Å². The maximum absolute atomic E-state index is 13.1. The first-order valence-electron chi connectivity index (χ1n) is 6.89. The third-order valence-corrected chi connectivity index (χ3v) is 4.21. The third kappa shape index (κ3) is 3.40. The van der Waals surface area contributed by atoms with Gasteiger partial charge < -0.3 is 5.32 Å². The quantitative estimate of drug-likeness (QED) is 0.756. The molecule has 22 heavy (non-hydrogen) atoms. The van der Waals surface area contributed by atoms with E-state index in [1.54, 1.807) is 35.6 Å². The molecule has 0 bridgehead atoms. The molecule has 1 aromatic heterocycles. The van der Waals surface area contributed by atoms with Gasteiger partial charge in [-0.05, 0) is 46.8 Å². The summed E-state index contributed by atoms with van der Waals surface area (Å²) in [4.78, 5) is 13.3. The normalized spacial score (nSPS) is 10.4. The summed E-state index contributed by atoms with van der Waals surface area (Å²) in [6.45, 7) is 0.309. The van der Waals surface area contributed by atoms with Crippen LogP contribution in [-0.2, 0) is 6.54 Å². The molecule has 0 aliphatic heterocycles. The van der Waals surface area contributed by atoms with Crippen LogP contribution in [-0.4, -0.2) is 5.91 Å². The van der Waals surface area contributed by atoms with Crippen molar-refractivity contribution in [2.45, 2.75) is 6.54 Å². The van der Waals surface area contributed by atoms with Gasteiger partial charge in [-0.15, -0.1) is 11.3 Å². The van der Waals surface area contributed by atoms with Crippen LogP contribution in [0.15, 0.2) is 66.0 Å². The van der Waals surface area contributed by atoms with Crippen LogP contribution < -0.4 is 5.32 Å². The lowest BCUT2D eigenvalue weighted by atomic mass is 10.1. The minimum Gasteiger partial charge on any atom is -0.348 e. The van der Waals surface area contributed by atoms with Crippen LogP contribution in [0.5, 0.6) is 0 Å². The second-order valence-electron chi connectivity index (χ2n) is 4.87. The molecule has 3 rings (SSSR count). The van der Waals surface area contributed by atoms with Crippen LogP contribution in [0, 0.1) is 5.82 Å². The molecule has 0 unspecified atom stereocenters. The van der Waals surface area contributed by atoms with Gasteiger partial charge in [0.2, 0.25) is 0 Å². The van der Waals surface area contributed by atoms with E-state index in [1.807, 2.05) is 29.6 Å². The maximum atomic E-state index is 13.1. The summed E-state index contributed by atoms with van der Waals surface area (Å²) in [6, 6.07) is 17.7. The van der Waals surface area contributed by atoms with E-state index in [2.05, 4.69) is 5.32 Å². The highest BCUT2D eigenvalue weighted by Gasteiger charge is 2.06. The van der Waals surface area contributed by atoms with Crippen molar-refractivity contribution >= 4 is 17.2 Å². The monoisotopic (exact) mass is 311 g/mol. The molecule has 110 valence electrons. The largest absolute Gasteiger partial charge is 0.348 e. The second kappa shape index (κ2) is 6.54. The smallest absolute Gasteiger partial charge is 0.251 e. The number of amides is 1. The highest BCUT2D eigenvalue weighted by atomic mass is 32.1. The van der Waals surface area contributed by atoms with Crippen LogP contribution >= 0.6 is 11.3 Å². The Kier molecular flexibility index (Phi) is 4.30. The number of hydrogen-bond acceptors (Lipinski definition) is 2. The van der Waals surface area contributed by atoms with E-state index in [9.17, 15) is 9.18 Å². The molecule has 0 saturated carbocycles. The Morgan fingerprint density at radius 3 is 2.55 bits per heavy atom. The molecule has 0 radical (unpaired) electrons. The Bertz CT molecular complexity index is 766. The van der Waals surface area contributed by atoms with Crippen molar-refractivity contribution in [1.82, 2.24) is 5.32 Å². The molecule has 0 aliphatic rings. The van der Waals surface area contributed by atoms with E-state index in [-0.39, 0.29) is 11.7 Å². The average Bonchev–Trinajstić information content (AvgIpc) is 3.07. The van der Waals surface area contributed by atoms with Crippen LogP contribution in [0.1, 0.15) is 15.9 Å². The Balaban J connectivity index is 1.65. The lowest BCUT2D eigenvalue weighted by Gasteiger charge is -2.06. The molecule has 0 fully saturated rings. The molecule has 2 nitrogen and oxygen atoms in total. The summed E-state index contributed by atoms with van der Waals surface area (Å²) in [6.07, 6.45) is 0. The molecule has 0 aliphatic carbocycles. The number of nitrogens with one attached hydrogen (secondary N) is 1. The van der Waals surface area contributed by atoms with Gasteiger partial charge in [-0.2, -0.15) is 0 Å². The van der Waals surface area contributed by atoms with Gasteiger partial charge in [-0.3, -0.25) is 4.79 Å². The first-order valence-corrected chi connectivity index (χ1v) is 7.77. The zero-order valence-corrected chi connectivity index (χ0v) is 12.6. The first-order chi connectivity index (χ1) is 10.7. The van der Waals surface area contributed by atoms with Crippen LogP contribution in [0.25, 0.3) is 10.4 Å². The molecule has 3 aromatic rings. The predicted molar refractivity (Wildman–Crippen MR) is 87.3 cm³/mol. The summed E-state index contributed by atoms with van der Waals surface area (Å²) < 4.78 is 13.1. The number of hydrogen-bond donors (Lipinski definition) is 1. The van der Waals surface area contributed by atoms with Gasteiger partial charge in [0.1, 0.15) is 5.82 Å². The third-order valence-electron chi connectivity index (χ3n) is 3.29. The van der Waals surface area contributed by atoms with Crippen molar-refractivity contribution in [3.8, 4) is 10.4 Å². The summed E-state index contributed by atoms with van der Waals surface area (Å²) >= 11 is 1.66. The van der Waals surface area contributed by atoms with Crippen molar-refractivity contribution in [2.24, 2.45) is 0 Å². The lowest BCUT2D eigenvalue weighted by Crippen LogP contribution is -2.22. The predicted octanol–water partition coefficient (Wildman–Crippen LogP) is 4.48. The minimum atomic E-state index is -0.299. The molecule has 0 spiro atoms. The topological polar surface area (TPSA) is 29.1 Å². The number of carbonyl (C=O) groups excluding carboxylic acids is 1. The van der Waals surface area contributed by atoms with Gasteiger partial charge in [-0.1, -0.05) is 30.3 Å². The Morgan fingerprint density at radius 2 is 1.86 bits per heavy atom. The van der Waals surface area contributed by atoms with Crippen LogP contribution in [0.3, 0.4) is 0 Å². The van der Waals surface area contributed by atoms with Crippen molar-refractivity contribution in [3.63, 3.8) is 0 Å².